The van der Waals surface area contributed by atoms with E-state index in [4.69, 9.17) is 4.74 Å². The summed E-state index contributed by atoms with van der Waals surface area (Å²) in [6, 6.07) is 19.9. The summed E-state index contributed by atoms with van der Waals surface area (Å²) in [5.74, 6) is 0.429. The lowest BCUT2D eigenvalue weighted by molar-refractivity contribution is 0.0913. The number of benzene rings is 3. The highest BCUT2D eigenvalue weighted by Gasteiger charge is 2.24. The van der Waals surface area contributed by atoms with Crippen LogP contribution in [0.4, 0.5) is 0 Å². The summed E-state index contributed by atoms with van der Waals surface area (Å²) in [5, 5.41) is 14.1. The summed E-state index contributed by atoms with van der Waals surface area (Å²) in [5.41, 5.74) is 6.93. The highest BCUT2D eigenvalue weighted by Crippen LogP contribution is 2.35. The largest absolute Gasteiger partial charge is 0.492 e. The van der Waals surface area contributed by atoms with Crippen molar-refractivity contribution in [1.82, 2.24) is 10.3 Å². The number of H-pyrrole nitrogens is 1. The van der Waals surface area contributed by atoms with Crippen molar-refractivity contribution in [2.45, 2.75) is 25.8 Å². The molecule has 0 fully saturated rings. The lowest BCUT2D eigenvalue weighted by Gasteiger charge is -2.18. The first-order chi connectivity index (χ1) is 15.6. The Balaban J connectivity index is 1.42. The summed E-state index contributed by atoms with van der Waals surface area (Å²) in [4.78, 5) is 16.5. The molecule has 1 aliphatic heterocycles. The number of rotatable bonds is 6. The van der Waals surface area contributed by atoms with Crippen LogP contribution in [0, 0.1) is 6.92 Å². The fourth-order valence-electron chi connectivity index (χ4n) is 4.38. The van der Waals surface area contributed by atoms with Crippen molar-refractivity contribution in [3.05, 3.63) is 89.1 Å². The second kappa shape index (κ2) is 8.52. The Bertz CT molecular complexity index is 1270. The van der Waals surface area contributed by atoms with Crippen molar-refractivity contribution in [1.29, 1.82) is 0 Å². The molecular weight excluding hydrogens is 400 g/mol. The van der Waals surface area contributed by atoms with Crippen LogP contribution in [-0.4, -0.2) is 35.3 Å². The topological polar surface area (TPSA) is 74.4 Å². The zero-order valence-corrected chi connectivity index (χ0v) is 18.0. The molecule has 5 heteroatoms. The van der Waals surface area contributed by atoms with Gasteiger partial charge >= 0.3 is 0 Å². The minimum atomic E-state index is -0.401. The number of aliphatic hydroxyl groups excluding tert-OH is 1. The zero-order valence-electron chi connectivity index (χ0n) is 18.0. The molecule has 0 saturated carbocycles. The van der Waals surface area contributed by atoms with Crippen molar-refractivity contribution < 1.29 is 14.6 Å². The molecule has 32 heavy (non-hydrogen) atoms. The first-order valence-electron chi connectivity index (χ1n) is 11.0. The molecule has 3 aromatic carbocycles. The smallest absolute Gasteiger partial charge is 0.255 e. The zero-order chi connectivity index (χ0) is 22.1. The molecule has 0 saturated heterocycles. The average Bonchev–Trinajstić information content (AvgIpc) is 3.45. The first kappa shape index (κ1) is 20.3. The van der Waals surface area contributed by atoms with Crippen LogP contribution in [0.1, 0.15) is 27.0 Å². The number of amides is 1. The Morgan fingerprint density at radius 3 is 2.75 bits per heavy atom. The number of para-hydroxylation sites is 1. The number of hydrogen-bond acceptors (Lipinski definition) is 3. The van der Waals surface area contributed by atoms with Crippen molar-refractivity contribution in [2.75, 3.05) is 13.2 Å². The molecule has 3 N–H and O–H groups in total. The van der Waals surface area contributed by atoms with Gasteiger partial charge in [0, 0.05) is 23.5 Å². The third-order valence-corrected chi connectivity index (χ3v) is 6.11. The molecule has 1 aliphatic rings. The van der Waals surface area contributed by atoms with Crippen LogP contribution in [0.25, 0.3) is 22.0 Å². The van der Waals surface area contributed by atoms with Gasteiger partial charge < -0.3 is 20.1 Å². The molecule has 5 rings (SSSR count). The minimum absolute atomic E-state index is 0.147. The Morgan fingerprint density at radius 1 is 1.12 bits per heavy atom. The average molecular weight is 427 g/mol. The van der Waals surface area contributed by atoms with Gasteiger partial charge in [-0.3, -0.25) is 4.79 Å². The van der Waals surface area contributed by atoms with Gasteiger partial charge in [-0.25, -0.2) is 0 Å². The minimum Gasteiger partial charge on any atom is -0.492 e. The van der Waals surface area contributed by atoms with Crippen LogP contribution in [0.5, 0.6) is 5.75 Å². The van der Waals surface area contributed by atoms with E-state index < -0.39 is 6.04 Å². The van der Waals surface area contributed by atoms with Crippen molar-refractivity contribution in [2.24, 2.45) is 0 Å². The van der Waals surface area contributed by atoms with E-state index in [1.807, 2.05) is 36.5 Å². The van der Waals surface area contributed by atoms with Gasteiger partial charge in [0.25, 0.3) is 5.91 Å². The molecule has 0 radical (unpaired) electrons. The van der Waals surface area contributed by atoms with Crippen molar-refractivity contribution >= 4 is 16.8 Å². The number of fused-ring (bicyclic) bond motifs is 2. The summed E-state index contributed by atoms with van der Waals surface area (Å²) < 4.78 is 5.81. The third kappa shape index (κ3) is 3.87. The molecule has 162 valence electrons. The lowest BCUT2D eigenvalue weighted by Crippen LogP contribution is -2.39. The Morgan fingerprint density at radius 2 is 1.94 bits per heavy atom. The predicted octanol–water partition coefficient (Wildman–Crippen LogP) is 4.41. The fourth-order valence-corrected chi connectivity index (χ4v) is 4.38. The molecule has 4 aromatic rings. The predicted molar refractivity (Wildman–Crippen MR) is 126 cm³/mol. The number of hydrogen-bond donors (Lipinski definition) is 3. The van der Waals surface area contributed by atoms with Gasteiger partial charge in [-0.05, 0) is 53.8 Å². The van der Waals surface area contributed by atoms with Crippen LogP contribution in [0.2, 0.25) is 0 Å². The van der Waals surface area contributed by atoms with Gasteiger partial charge in [-0.15, -0.1) is 0 Å². The van der Waals surface area contributed by atoms with E-state index in [9.17, 15) is 9.90 Å². The summed E-state index contributed by atoms with van der Waals surface area (Å²) in [6.07, 6.45) is 3.26. The molecule has 1 amide bonds. The van der Waals surface area contributed by atoms with Crippen LogP contribution >= 0.6 is 0 Å². The van der Waals surface area contributed by atoms with E-state index in [0.717, 1.165) is 39.6 Å². The number of aliphatic hydroxyl groups is 1. The van der Waals surface area contributed by atoms with Crippen LogP contribution in [0.15, 0.2) is 66.9 Å². The lowest BCUT2D eigenvalue weighted by atomic mass is 9.97. The number of carbonyl (C=O) groups is 1. The maximum Gasteiger partial charge on any atom is 0.255 e. The molecule has 0 spiro atoms. The highest BCUT2D eigenvalue weighted by atomic mass is 16.5. The van der Waals surface area contributed by atoms with Gasteiger partial charge in [-0.1, -0.05) is 48.0 Å². The SMILES string of the molecule is Cc1ccc(-c2cc3c(c(C(=O)N[C@@H](CO)Cc4c[nH]c5ccccc45)c2)OCC3)cc1. The second-order valence-corrected chi connectivity index (χ2v) is 8.39. The molecule has 5 nitrogen and oxygen atoms in total. The molecular formula is C27H26N2O3. The van der Waals surface area contributed by atoms with E-state index >= 15 is 0 Å². The molecule has 2 heterocycles. The summed E-state index contributed by atoms with van der Waals surface area (Å²) >= 11 is 0. The second-order valence-electron chi connectivity index (χ2n) is 8.39. The maximum atomic E-state index is 13.3. The number of nitrogens with one attached hydrogen (secondary N) is 2. The van der Waals surface area contributed by atoms with Gasteiger partial charge in [0.2, 0.25) is 0 Å². The molecule has 0 bridgehead atoms. The van der Waals surface area contributed by atoms with E-state index in [1.165, 1.54) is 5.56 Å². The number of aryl methyl sites for hydroxylation is 1. The molecule has 0 unspecified atom stereocenters. The molecule has 1 atom stereocenters. The Hall–Kier alpha value is -3.57. The van der Waals surface area contributed by atoms with Crippen LogP contribution in [0.3, 0.4) is 0 Å². The van der Waals surface area contributed by atoms with Gasteiger partial charge in [0.05, 0.1) is 24.8 Å². The van der Waals surface area contributed by atoms with E-state index in [2.05, 4.69) is 47.6 Å². The summed E-state index contributed by atoms with van der Waals surface area (Å²) in [7, 11) is 0. The van der Waals surface area contributed by atoms with Crippen LogP contribution < -0.4 is 10.1 Å². The molecule has 0 aliphatic carbocycles. The summed E-state index contributed by atoms with van der Waals surface area (Å²) in [6.45, 7) is 2.49. The highest BCUT2D eigenvalue weighted by molar-refractivity contribution is 5.99. The molecule has 1 aromatic heterocycles. The third-order valence-electron chi connectivity index (χ3n) is 6.11. The van der Waals surface area contributed by atoms with Gasteiger partial charge in [-0.2, -0.15) is 0 Å². The van der Waals surface area contributed by atoms with E-state index in [0.29, 0.717) is 24.3 Å². The van der Waals surface area contributed by atoms with Crippen molar-refractivity contribution in [3.63, 3.8) is 0 Å². The standard InChI is InChI=1S/C27H26N2O3/c1-17-6-8-18(9-7-17)20-12-19-10-11-32-26(19)24(14-20)27(31)29-22(16-30)13-21-15-28-25-5-3-2-4-23(21)25/h2-9,12,14-15,22,28,30H,10-11,13,16H2,1H3,(H,29,31)/t22-/m1/s1. The van der Waals surface area contributed by atoms with Crippen molar-refractivity contribution in [3.8, 4) is 16.9 Å². The quantitative estimate of drug-likeness (QED) is 0.428. The number of carbonyl (C=O) groups excluding carboxylic acids is 1. The number of aromatic amines is 1. The number of aromatic nitrogens is 1. The maximum absolute atomic E-state index is 13.3. The fraction of sp³-hybridized carbons (Fsp3) is 0.222. The van der Waals surface area contributed by atoms with E-state index in [1.54, 1.807) is 0 Å². The van der Waals surface area contributed by atoms with Gasteiger partial charge in [0.15, 0.2) is 0 Å². The Labute approximate surface area is 187 Å². The first-order valence-corrected chi connectivity index (χ1v) is 11.0. The van der Waals surface area contributed by atoms with Gasteiger partial charge in [0.1, 0.15) is 5.75 Å². The number of ether oxygens (including phenoxy) is 1. The van der Waals surface area contributed by atoms with Crippen LogP contribution in [-0.2, 0) is 12.8 Å². The normalized spacial score (nSPS) is 13.6. The monoisotopic (exact) mass is 426 g/mol. The Kier molecular flexibility index (Phi) is 5.41. The van der Waals surface area contributed by atoms with E-state index in [-0.39, 0.29) is 12.5 Å².